The molecule has 0 aromatic heterocycles. The molecule has 1 N–H and O–H groups in total. The second kappa shape index (κ2) is 5.06. The summed E-state index contributed by atoms with van der Waals surface area (Å²) in [4.78, 5) is 22.9. The number of aliphatic carboxylic acids is 1. The maximum atomic E-state index is 11.7. The van der Waals surface area contributed by atoms with Gasteiger partial charge in [-0.05, 0) is 66.2 Å². The molecule has 2 aliphatic rings. The first-order valence-electron chi connectivity index (χ1n) is 6.85. The Bertz CT molecular complexity index is 631. The average Bonchev–Trinajstić information content (AvgIpc) is 2.97. The first-order valence-corrected chi connectivity index (χ1v) is 7.23. The van der Waals surface area contributed by atoms with Gasteiger partial charge in [-0.1, -0.05) is 11.6 Å². The topological polar surface area (TPSA) is 54.4 Å². The van der Waals surface area contributed by atoms with Crippen LogP contribution in [0, 0.1) is 0 Å². The molecular weight excluding hydrogens is 276 g/mol. The van der Waals surface area contributed by atoms with Gasteiger partial charge in [-0.2, -0.15) is 0 Å². The van der Waals surface area contributed by atoms with Gasteiger partial charge in [0.2, 0.25) is 0 Å². The third-order valence-electron chi connectivity index (χ3n) is 4.17. The van der Waals surface area contributed by atoms with Gasteiger partial charge < -0.3 is 5.11 Å². The second-order valence-corrected chi connectivity index (χ2v) is 5.86. The molecule has 1 atom stereocenters. The normalized spacial score (nSPS) is 23.4. The highest BCUT2D eigenvalue weighted by molar-refractivity contribution is 6.32. The van der Waals surface area contributed by atoms with E-state index in [9.17, 15) is 14.7 Å². The highest BCUT2D eigenvalue weighted by Crippen LogP contribution is 2.37. The second-order valence-electron chi connectivity index (χ2n) is 5.45. The first kappa shape index (κ1) is 13.4. The van der Waals surface area contributed by atoms with Crippen LogP contribution < -0.4 is 0 Å². The lowest BCUT2D eigenvalue weighted by Gasteiger charge is -2.09. The van der Waals surface area contributed by atoms with E-state index in [1.54, 1.807) is 6.07 Å². The lowest BCUT2D eigenvalue weighted by atomic mass is 9.99. The summed E-state index contributed by atoms with van der Waals surface area (Å²) in [5.41, 5.74) is 3.53. The van der Waals surface area contributed by atoms with Crippen molar-refractivity contribution in [2.75, 3.05) is 0 Å². The molecule has 20 heavy (non-hydrogen) atoms. The molecule has 1 saturated carbocycles. The fourth-order valence-electron chi connectivity index (χ4n) is 3.10. The smallest absolute Gasteiger partial charge is 0.310 e. The molecule has 1 fully saturated rings. The highest BCUT2D eigenvalue weighted by Gasteiger charge is 2.29. The summed E-state index contributed by atoms with van der Waals surface area (Å²) in [6.07, 6.45) is 5.59. The van der Waals surface area contributed by atoms with Gasteiger partial charge in [0, 0.05) is 11.4 Å². The summed E-state index contributed by atoms with van der Waals surface area (Å²) in [5.74, 6) is -1.04. The Morgan fingerprint density at radius 3 is 2.75 bits per heavy atom. The van der Waals surface area contributed by atoms with Gasteiger partial charge in [-0.3, -0.25) is 9.59 Å². The quantitative estimate of drug-likeness (QED) is 0.847. The van der Waals surface area contributed by atoms with Crippen molar-refractivity contribution in [3.63, 3.8) is 0 Å². The number of aryl methyl sites for hydroxylation is 1. The molecular formula is C16H15ClO3. The lowest BCUT2D eigenvalue weighted by molar-refractivity contribution is -0.138. The summed E-state index contributed by atoms with van der Waals surface area (Å²) in [5, 5.41) is 9.72. The Kier molecular flexibility index (Phi) is 3.38. The lowest BCUT2D eigenvalue weighted by Crippen LogP contribution is -2.07. The molecule has 0 radical (unpaired) electrons. The number of carboxylic acids is 1. The van der Waals surface area contributed by atoms with E-state index < -0.39 is 11.9 Å². The molecule has 0 amide bonds. The van der Waals surface area contributed by atoms with Crippen LogP contribution >= 0.6 is 11.6 Å². The van der Waals surface area contributed by atoms with Crippen molar-refractivity contribution in [3.05, 3.63) is 39.4 Å². The fraction of sp³-hybridized carbons (Fsp3) is 0.375. The minimum absolute atomic E-state index is 0.199. The van der Waals surface area contributed by atoms with Crippen LogP contribution in [-0.4, -0.2) is 16.9 Å². The summed E-state index contributed by atoms with van der Waals surface area (Å²) < 4.78 is 0. The predicted molar refractivity (Wildman–Crippen MR) is 77.0 cm³/mol. The number of hydrogen-bond donors (Lipinski definition) is 1. The summed E-state index contributed by atoms with van der Waals surface area (Å²) in [7, 11) is 0. The maximum absolute atomic E-state index is 11.7. The van der Waals surface area contributed by atoms with Gasteiger partial charge in [0.1, 0.15) is 0 Å². The summed E-state index contributed by atoms with van der Waals surface area (Å²) in [6.45, 7) is 0. The number of ketones is 1. The molecule has 0 heterocycles. The molecule has 0 aliphatic heterocycles. The molecule has 3 rings (SSSR count). The molecule has 104 valence electrons. The minimum atomic E-state index is -0.795. The van der Waals surface area contributed by atoms with Gasteiger partial charge in [0.05, 0.1) is 5.92 Å². The molecule has 4 heteroatoms. The van der Waals surface area contributed by atoms with E-state index in [0.29, 0.717) is 17.9 Å². The standard InChI is InChI=1S/C16H15ClO3/c17-14-8-13-9(4-5-12(13)16(19)20)6-11(14)7-10-2-1-3-15(10)18/h6-8,12H,1-5H2,(H,19,20)/b10-7-. The van der Waals surface area contributed by atoms with Crippen LogP contribution in [0.2, 0.25) is 5.02 Å². The van der Waals surface area contributed by atoms with Crippen LogP contribution in [-0.2, 0) is 16.0 Å². The van der Waals surface area contributed by atoms with E-state index in [0.717, 1.165) is 41.5 Å². The van der Waals surface area contributed by atoms with Crippen molar-refractivity contribution in [2.45, 2.75) is 38.0 Å². The molecule has 0 bridgehead atoms. The SMILES string of the molecule is O=C1CCC/C1=C/c1cc2c(cc1Cl)C(C(=O)O)CC2. The van der Waals surface area contributed by atoms with Gasteiger partial charge in [0.25, 0.3) is 0 Å². The molecule has 1 unspecified atom stereocenters. The van der Waals surface area contributed by atoms with Crippen molar-refractivity contribution in [2.24, 2.45) is 0 Å². The van der Waals surface area contributed by atoms with Gasteiger partial charge in [-0.25, -0.2) is 0 Å². The number of halogens is 1. The third kappa shape index (κ3) is 2.27. The zero-order valence-corrected chi connectivity index (χ0v) is 11.7. The van der Waals surface area contributed by atoms with E-state index >= 15 is 0 Å². The summed E-state index contributed by atoms with van der Waals surface area (Å²) >= 11 is 6.26. The monoisotopic (exact) mass is 290 g/mol. The minimum Gasteiger partial charge on any atom is -0.481 e. The van der Waals surface area contributed by atoms with Gasteiger partial charge >= 0.3 is 5.97 Å². The Balaban J connectivity index is 2.00. The molecule has 3 nitrogen and oxygen atoms in total. The number of allylic oxidation sites excluding steroid dienone is 1. The Labute approximate surface area is 122 Å². The first-order chi connectivity index (χ1) is 9.56. The molecule has 2 aliphatic carbocycles. The van der Waals surface area contributed by atoms with E-state index in [2.05, 4.69) is 0 Å². The van der Waals surface area contributed by atoms with Crippen LogP contribution in [0.3, 0.4) is 0 Å². The number of Topliss-reactive ketones (excluding diaryl/α,β-unsaturated/α-hetero) is 1. The van der Waals surface area contributed by atoms with Gasteiger partial charge in [0.15, 0.2) is 5.78 Å². The number of carbonyl (C=O) groups is 2. The molecule has 0 saturated heterocycles. The Hall–Kier alpha value is -1.61. The number of fused-ring (bicyclic) bond motifs is 1. The van der Waals surface area contributed by atoms with Crippen molar-refractivity contribution in [3.8, 4) is 0 Å². The number of benzene rings is 1. The Morgan fingerprint density at radius 1 is 1.30 bits per heavy atom. The van der Waals surface area contributed by atoms with E-state index in [1.807, 2.05) is 12.1 Å². The fourth-order valence-corrected chi connectivity index (χ4v) is 3.32. The van der Waals surface area contributed by atoms with E-state index in [-0.39, 0.29) is 5.78 Å². The van der Waals surface area contributed by atoms with Crippen molar-refractivity contribution in [1.82, 2.24) is 0 Å². The number of rotatable bonds is 2. The third-order valence-corrected chi connectivity index (χ3v) is 4.50. The van der Waals surface area contributed by atoms with E-state index in [4.69, 9.17) is 11.6 Å². The molecule has 1 aromatic carbocycles. The van der Waals surface area contributed by atoms with Crippen LogP contribution in [0.15, 0.2) is 17.7 Å². The number of carboxylic acid groups (broad SMARTS) is 1. The molecule has 0 spiro atoms. The number of hydrogen-bond acceptors (Lipinski definition) is 2. The van der Waals surface area contributed by atoms with Crippen LogP contribution in [0.1, 0.15) is 48.3 Å². The van der Waals surface area contributed by atoms with Gasteiger partial charge in [-0.15, -0.1) is 0 Å². The Morgan fingerprint density at radius 2 is 2.10 bits per heavy atom. The highest BCUT2D eigenvalue weighted by atomic mass is 35.5. The van der Waals surface area contributed by atoms with Crippen molar-refractivity contribution in [1.29, 1.82) is 0 Å². The predicted octanol–water partition coefficient (Wildman–Crippen LogP) is 3.59. The van der Waals surface area contributed by atoms with Crippen LogP contribution in [0.25, 0.3) is 6.08 Å². The van der Waals surface area contributed by atoms with E-state index in [1.165, 1.54) is 0 Å². The van der Waals surface area contributed by atoms with Crippen molar-refractivity contribution < 1.29 is 14.7 Å². The largest absolute Gasteiger partial charge is 0.481 e. The average molecular weight is 291 g/mol. The van der Waals surface area contributed by atoms with Crippen LogP contribution in [0.5, 0.6) is 0 Å². The van der Waals surface area contributed by atoms with Crippen LogP contribution in [0.4, 0.5) is 0 Å². The summed E-state index contributed by atoms with van der Waals surface area (Å²) in [6, 6.07) is 3.70. The molecule has 1 aromatic rings. The zero-order valence-electron chi connectivity index (χ0n) is 11.0. The zero-order chi connectivity index (χ0) is 14.3. The van der Waals surface area contributed by atoms with Crippen molar-refractivity contribution >= 4 is 29.4 Å². The maximum Gasteiger partial charge on any atom is 0.310 e. The number of carbonyl (C=O) groups excluding carboxylic acids is 1.